The molecule has 0 atom stereocenters. The lowest BCUT2D eigenvalue weighted by Gasteiger charge is -2.21. The van der Waals surface area contributed by atoms with Gasteiger partial charge in [0.1, 0.15) is 5.75 Å². The molecule has 9 heteroatoms. The van der Waals surface area contributed by atoms with Gasteiger partial charge in [-0.05, 0) is 29.7 Å². The maximum absolute atomic E-state index is 13.2. The highest BCUT2D eigenvalue weighted by Gasteiger charge is 2.24. The third kappa shape index (κ3) is 3.15. The average molecular weight is 409 g/mol. The Bertz CT molecular complexity index is 1410. The molecule has 146 valence electrons. The van der Waals surface area contributed by atoms with Gasteiger partial charge in [0.2, 0.25) is 0 Å². The zero-order valence-electron chi connectivity index (χ0n) is 15.5. The van der Waals surface area contributed by atoms with Gasteiger partial charge in [0.25, 0.3) is 10.0 Å². The molecule has 1 aliphatic rings. The SMILES string of the molecule is COc1cc(N(C)S(=O)(=O)c2ccc3c(c2)=NC(=O)C(=O)N=3)cc2ccccc12. The molecule has 0 aliphatic carbocycles. The number of methoxy groups -OCH3 is 1. The highest BCUT2D eigenvalue weighted by molar-refractivity contribution is 7.92. The Labute approximate surface area is 165 Å². The second kappa shape index (κ2) is 6.78. The van der Waals surface area contributed by atoms with Crippen LogP contribution in [0, 0.1) is 0 Å². The first-order chi connectivity index (χ1) is 13.8. The summed E-state index contributed by atoms with van der Waals surface area (Å²) in [7, 11) is -1.02. The number of anilines is 1. The summed E-state index contributed by atoms with van der Waals surface area (Å²) in [4.78, 5) is 30.0. The molecule has 0 saturated heterocycles. The first kappa shape index (κ1) is 18.8. The topological polar surface area (TPSA) is 105 Å². The second-order valence-electron chi connectivity index (χ2n) is 6.33. The first-order valence-corrected chi connectivity index (χ1v) is 9.97. The van der Waals surface area contributed by atoms with E-state index in [1.54, 1.807) is 12.1 Å². The smallest absolute Gasteiger partial charge is 0.338 e. The molecule has 4 rings (SSSR count). The highest BCUT2D eigenvalue weighted by Crippen LogP contribution is 2.33. The normalized spacial score (nSPS) is 13.4. The van der Waals surface area contributed by atoms with Crippen LogP contribution in [0.4, 0.5) is 5.69 Å². The summed E-state index contributed by atoms with van der Waals surface area (Å²) in [5, 5.41) is 1.89. The highest BCUT2D eigenvalue weighted by atomic mass is 32.2. The standard InChI is InChI=1S/C20H15N3O5S/c1-23(13-9-12-5-3-4-6-15(12)18(10-13)28-2)29(26,27)14-7-8-16-17(11-14)22-20(25)19(24)21-16/h3-11H,1-2H3. The van der Waals surface area contributed by atoms with Crippen molar-refractivity contribution >= 4 is 38.3 Å². The van der Waals surface area contributed by atoms with Crippen molar-refractivity contribution in [3.8, 4) is 5.75 Å². The summed E-state index contributed by atoms with van der Waals surface area (Å²) in [5.41, 5.74) is 0.408. The second-order valence-corrected chi connectivity index (χ2v) is 8.30. The third-order valence-electron chi connectivity index (χ3n) is 4.62. The molecule has 0 unspecified atom stereocenters. The van der Waals surface area contributed by atoms with Gasteiger partial charge in [-0.15, -0.1) is 0 Å². The van der Waals surface area contributed by atoms with Crippen LogP contribution in [-0.2, 0) is 19.6 Å². The van der Waals surface area contributed by atoms with E-state index in [9.17, 15) is 18.0 Å². The van der Waals surface area contributed by atoms with E-state index >= 15 is 0 Å². The largest absolute Gasteiger partial charge is 0.496 e. The van der Waals surface area contributed by atoms with E-state index in [1.165, 1.54) is 32.4 Å². The number of rotatable bonds is 4. The van der Waals surface area contributed by atoms with Crippen LogP contribution in [0.15, 0.2) is 69.5 Å². The van der Waals surface area contributed by atoms with Crippen molar-refractivity contribution in [3.05, 3.63) is 65.3 Å². The molecule has 2 amide bonds. The summed E-state index contributed by atoms with van der Waals surface area (Å²) in [6, 6.07) is 14.8. The Balaban J connectivity index is 1.83. The molecule has 3 aromatic carbocycles. The van der Waals surface area contributed by atoms with Gasteiger partial charge in [-0.1, -0.05) is 24.3 Å². The van der Waals surface area contributed by atoms with Crippen LogP contribution in [0.2, 0.25) is 0 Å². The molecule has 1 aliphatic heterocycles. The zero-order valence-corrected chi connectivity index (χ0v) is 16.3. The van der Waals surface area contributed by atoms with E-state index < -0.39 is 21.8 Å². The number of ether oxygens (including phenoxy) is 1. The predicted molar refractivity (Wildman–Crippen MR) is 105 cm³/mol. The fourth-order valence-electron chi connectivity index (χ4n) is 3.07. The number of nitrogens with zero attached hydrogens (tertiary/aromatic N) is 3. The van der Waals surface area contributed by atoms with Crippen molar-refractivity contribution in [1.82, 2.24) is 0 Å². The van der Waals surface area contributed by atoms with Gasteiger partial charge in [-0.3, -0.25) is 13.9 Å². The molecule has 3 aromatic rings. The van der Waals surface area contributed by atoms with Crippen molar-refractivity contribution < 1.29 is 22.7 Å². The van der Waals surface area contributed by atoms with E-state index in [4.69, 9.17) is 4.74 Å². The van der Waals surface area contributed by atoms with Crippen LogP contribution in [-0.4, -0.2) is 34.4 Å². The summed E-state index contributed by atoms with van der Waals surface area (Å²) < 4.78 is 32.9. The van der Waals surface area contributed by atoms with Crippen molar-refractivity contribution in [3.63, 3.8) is 0 Å². The average Bonchev–Trinajstić information content (AvgIpc) is 2.72. The Kier molecular flexibility index (Phi) is 4.39. The number of hydrogen-bond donors (Lipinski definition) is 0. The lowest BCUT2D eigenvalue weighted by molar-refractivity contribution is -0.135. The minimum absolute atomic E-state index is 0.0418. The van der Waals surface area contributed by atoms with E-state index in [1.807, 2.05) is 24.3 Å². The van der Waals surface area contributed by atoms with Crippen LogP contribution < -0.4 is 19.8 Å². The summed E-state index contributed by atoms with van der Waals surface area (Å²) in [6.45, 7) is 0. The number of benzene rings is 3. The Morgan fingerprint density at radius 1 is 0.897 bits per heavy atom. The molecule has 0 radical (unpaired) electrons. The molecule has 0 spiro atoms. The quantitative estimate of drug-likeness (QED) is 0.597. The van der Waals surface area contributed by atoms with Crippen molar-refractivity contribution in [2.75, 3.05) is 18.5 Å². The van der Waals surface area contributed by atoms with E-state index in [-0.39, 0.29) is 15.6 Å². The van der Waals surface area contributed by atoms with E-state index in [0.717, 1.165) is 15.1 Å². The first-order valence-electron chi connectivity index (χ1n) is 8.53. The van der Waals surface area contributed by atoms with Crippen molar-refractivity contribution in [2.24, 2.45) is 9.98 Å². The Morgan fingerprint density at radius 2 is 1.59 bits per heavy atom. The predicted octanol–water partition coefficient (Wildman–Crippen LogP) is 0.979. The zero-order chi connectivity index (χ0) is 20.8. The monoisotopic (exact) mass is 409 g/mol. The minimum Gasteiger partial charge on any atom is -0.496 e. The summed E-state index contributed by atoms with van der Waals surface area (Å²) in [5.74, 6) is -1.46. The van der Waals surface area contributed by atoms with E-state index in [0.29, 0.717) is 11.4 Å². The molecular weight excluding hydrogens is 394 g/mol. The molecule has 0 N–H and O–H groups in total. The van der Waals surface area contributed by atoms with Crippen molar-refractivity contribution in [2.45, 2.75) is 4.90 Å². The molecule has 1 heterocycles. The van der Waals surface area contributed by atoms with Crippen molar-refractivity contribution in [1.29, 1.82) is 0 Å². The Morgan fingerprint density at radius 3 is 2.31 bits per heavy atom. The fraction of sp³-hybridized carbons (Fsp3) is 0.100. The maximum Gasteiger partial charge on any atom is 0.338 e. The lowest BCUT2D eigenvalue weighted by atomic mass is 10.1. The molecule has 0 saturated carbocycles. The van der Waals surface area contributed by atoms with Gasteiger partial charge in [0.15, 0.2) is 0 Å². The molecule has 0 fully saturated rings. The van der Waals surface area contributed by atoms with E-state index in [2.05, 4.69) is 9.98 Å². The van der Waals surface area contributed by atoms with Gasteiger partial charge in [-0.25, -0.2) is 18.4 Å². The van der Waals surface area contributed by atoms with Crippen LogP contribution in [0.5, 0.6) is 5.75 Å². The van der Waals surface area contributed by atoms with Gasteiger partial charge >= 0.3 is 11.8 Å². The molecule has 8 nitrogen and oxygen atoms in total. The molecule has 0 aromatic heterocycles. The number of hydrogen-bond acceptors (Lipinski definition) is 5. The van der Waals surface area contributed by atoms with Gasteiger partial charge in [-0.2, -0.15) is 0 Å². The van der Waals surface area contributed by atoms with Crippen LogP contribution in [0.1, 0.15) is 0 Å². The van der Waals surface area contributed by atoms with Gasteiger partial charge < -0.3 is 4.74 Å². The summed E-state index contributed by atoms with van der Waals surface area (Å²) in [6.07, 6.45) is 0. The lowest BCUT2D eigenvalue weighted by Crippen LogP contribution is -2.36. The number of sulfonamides is 1. The fourth-order valence-corrected chi connectivity index (χ4v) is 4.27. The van der Waals surface area contributed by atoms with Crippen LogP contribution >= 0.6 is 0 Å². The number of carbonyl (C=O) groups excluding carboxylic acids is 2. The molecule has 0 bridgehead atoms. The number of carbonyl (C=O) groups is 2. The van der Waals surface area contributed by atoms with Crippen LogP contribution in [0.25, 0.3) is 10.8 Å². The van der Waals surface area contributed by atoms with Crippen LogP contribution in [0.3, 0.4) is 0 Å². The summed E-state index contributed by atoms with van der Waals surface area (Å²) >= 11 is 0. The Hall–Kier alpha value is -3.59. The van der Waals surface area contributed by atoms with Gasteiger partial charge in [0.05, 0.1) is 28.4 Å². The number of amides is 2. The third-order valence-corrected chi connectivity index (χ3v) is 6.41. The maximum atomic E-state index is 13.2. The number of fused-ring (bicyclic) bond motifs is 2. The minimum atomic E-state index is -3.97. The van der Waals surface area contributed by atoms with Gasteiger partial charge in [0, 0.05) is 18.5 Å². The molecule has 29 heavy (non-hydrogen) atoms. The molecular formula is C20H15N3O5S.